The molecule has 0 aromatic heterocycles. The molecule has 0 radical (unpaired) electrons. The van der Waals surface area contributed by atoms with Crippen LogP contribution in [0.15, 0.2) is 243 Å². The van der Waals surface area contributed by atoms with E-state index in [9.17, 15) is 0 Å². The zero-order chi connectivity index (χ0) is 47.8. The maximum atomic E-state index is 2.45. The molecule has 0 unspecified atom stereocenters. The lowest BCUT2D eigenvalue weighted by atomic mass is 9.77. The molecule has 0 atom stereocenters. The molecule has 12 aromatic rings. The van der Waals surface area contributed by atoms with Crippen LogP contribution in [0.4, 0.5) is 34.1 Å². The number of para-hydroxylation sites is 3. The molecule has 0 fully saturated rings. The topological polar surface area (TPSA) is 6.48 Å². The molecule has 0 saturated heterocycles. The van der Waals surface area contributed by atoms with Crippen molar-refractivity contribution in [1.82, 2.24) is 0 Å². The standard InChI is InChI=1S/C69H52N2/c1-45-26-30-47(31-27-45)51-40-52(48-32-28-46(2)29-33-48)42-58(41-51)71(55-21-12-7-13-22-55)56-36-34-49(35-37-56)63-43-50-16-14-24-61-65(50)66-59(63)23-15-25-62(66)68-67(61)60-39-38-57(44-64(60)69(68,3)4)70(53-17-8-5-9-18-53)54-19-10-6-11-20-54/h5-44H,1-4H3. The number of benzene rings is 12. The minimum atomic E-state index is -0.261. The van der Waals surface area contributed by atoms with Gasteiger partial charge in [-0.3, -0.25) is 0 Å². The van der Waals surface area contributed by atoms with E-state index in [0.717, 1.165) is 34.1 Å². The van der Waals surface area contributed by atoms with Gasteiger partial charge in [0, 0.05) is 39.5 Å². The van der Waals surface area contributed by atoms with Gasteiger partial charge in [-0.1, -0.05) is 183 Å². The number of anilines is 6. The molecule has 2 heteroatoms. The van der Waals surface area contributed by atoms with Crippen LogP contribution in [0.2, 0.25) is 0 Å². The Kier molecular flexibility index (Phi) is 10.0. The lowest BCUT2D eigenvalue weighted by Crippen LogP contribution is -2.17. The Hall–Kier alpha value is -8.72. The molecule has 0 N–H and O–H groups in total. The molecule has 0 aliphatic heterocycles. The molecule has 0 bridgehead atoms. The fourth-order valence-electron chi connectivity index (χ4n) is 11.6. The van der Waals surface area contributed by atoms with Crippen molar-refractivity contribution < 1.29 is 0 Å². The van der Waals surface area contributed by atoms with Crippen LogP contribution in [0.1, 0.15) is 36.1 Å². The lowest BCUT2D eigenvalue weighted by molar-refractivity contribution is 0.666. The molecule has 1 aliphatic carbocycles. The van der Waals surface area contributed by atoms with E-state index < -0.39 is 0 Å². The molecule has 13 rings (SSSR count). The number of hydrogen-bond donors (Lipinski definition) is 0. The molecule has 0 heterocycles. The van der Waals surface area contributed by atoms with Crippen molar-refractivity contribution in [2.75, 3.05) is 9.80 Å². The number of fused-ring (bicyclic) bond motifs is 5. The predicted molar refractivity (Wildman–Crippen MR) is 303 cm³/mol. The van der Waals surface area contributed by atoms with Crippen LogP contribution in [0.25, 0.3) is 76.8 Å². The van der Waals surface area contributed by atoms with Gasteiger partial charge in [0.15, 0.2) is 0 Å². The van der Waals surface area contributed by atoms with E-state index in [0.29, 0.717) is 0 Å². The average Bonchev–Trinajstić information content (AvgIpc) is 3.65. The van der Waals surface area contributed by atoms with Crippen LogP contribution in [-0.2, 0) is 5.41 Å². The highest BCUT2D eigenvalue weighted by atomic mass is 15.1. The van der Waals surface area contributed by atoms with Crippen molar-refractivity contribution in [3.05, 3.63) is 265 Å². The summed E-state index contributed by atoms with van der Waals surface area (Å²) in [4.78, 5) is 4.78. The van der Waals surface area contributed by atoms with Crippen molar-refractivity contribution in [3.63, 3.8) is 0 Å². The van der Waals surface area contributed by atoms with E-state index in [1.807, 2.05) is 0 Å². The number of aryl methyl sites for hydroxylation is 2. The third-order valence-electron chi connectivity index (χ3n) is 15.0. The summed E-state index contributed by atoms with van der Waals surface area (Å²) < 4.78 is 0. The SMILES string of the molecule is Cc1ccc(-c2cc(-c3ccc(C)cc3)cc(N(c3ccccc3)c3ccc(-c4cc5cccc6c7c(c8cccc4c8c56)C(C)(C)c4cc(N(c5ccccc5)c5ccccc5)ccc4-7)cc3)c2)cc1. The first-order valence-electron chi connectivity index (χ1n) is 24.8. The van der Waals surface area contributed by atoms with Gasteiger partial charge in [-0.2, -0.15) is 0 Å². The van der Waals surface area contributed by atoms with Gasteiger partial charge < -0.3 is 9.80 Å². The summed E-state index contributed by atoms with van der Waals surface area (Å²) in [5.74, 6) is 0. The highest BCUT2D eigenvalue weighted by Crippen LogP contribution is 2.57. The highest BCUT2D eigenvalue weighted by Gasteiger charge is 2.39. The molecule has 0 spiro atoms. The smallest absolute Gasteiger partial charge is 0.0473 e. The molecule has 71 heavy (non-hydrogen) atoms. The van der Waals surface area contributed by atoms with Crippen molar-refractivity contribution >= 4 is 66.4 Å². The second-order valence-electron chi connectivity index (χ2n) is 19.9. The number of rotatable bonds is 9. The monoisotopic (exact) mass is 908 g/mol. The van der Waals surface area contributed by atoms with Gasteiger partial charge in [-0.15, -0.1) is 0 Å². The fraction of sp³-hybridized carbons (Fsp3) is 0.0725. The highest BCUT2D eigenvalue weighted by molar-refractivity contribution is 6.31. The van der Waals surface area contributed by atoms with Crippen LogP contribution in [0.5, 0.6) is 0 Å². The van der Waals surface area contributed by atoms with Crippen LogP contribution in [0.3, 0.4) is 0 Å². The minimum absolute atomic E-state index is 0.261. The van der Waals surface area contributed by atoms with E-state index in [-0.39, 0.29) is 5.41 Å². The van der Waals surface area contributed by atoms with Crippen molar-refractivity contribution in [3.8, 4) is 44.5 Å². The fourth-order valence-corrected chi connectivity index (χ4v) is 11.6. The molecular formula is C69H52N2. The Balaban J connectivity index is 0.945. The zero-order valence-electron chi connectivity index (χ0n) is 40.5. The van der Waals surface area contributed by atoms with E-state index in [2.05, 4.69) is 280 Å². The van der Waals surface area contributed by atoms with Crippen molar-refractivity contribution in [2.24, 2.45) is 0 Å². The van der Waals surface area contributed by atoms with Crippen molar-refractivity contribution in [1.29, 1.82) is 0 Å². The van der Waals surface area contributed by atoms with Crippen LogP contribution in [-0.4, -0.2) is 0 Å². The first-order chi connectivity index (χ1) is 34.8. The van der Waals surface area contributed by atoms with Gasteiger partial charge in [-0.05, 0) is 187 Å². The molecule has 338 valence electrons. The largest absolute Gasteiger partial charge is 0.310 e. The van der Waals surface area contributed by atoms with Gasteiger partial charge >= 0.3 is 0 Å². The lowest BCUT2D eigenvalue weighted by Gasteiger charge is -2.28. The Morgan fingerprint density at radius 1 is 0.310 bits per heavy atom. The Morgan fingerprint density at radius 2 is 0.789 bits per heavy atom. The minimum Gasteiger partial charge on any atom is -0.310 e. The van der Waals surface area contributed by atoms with E-state index in [1.54, 1.807) is 0 Å². The second kappa shape index (κ2) is 16.8. The molecular weight excluding hydrogens is 857 g/mol. The maximum absolute atomic E-state index is 2.45. The van der Waals surface area contributed by atoms with Crippen molar-refractivity contribution in [2.45, 2.75) is 33.1 Å². The Morgan fingerprint density at radius 3 is 1.37 bits per heavy atom. The molecule has 1 aliphatic rings. The molecule has 12 aromatic carbocycles. The van der Waals surface area contributed by atoms with Gasteiger partial charge in [0.1, 0.15) is 0 Å². The van der Waals surface area contributed by atoms with Gasteiger partial charge in [0.25, 0.3) is 0 Å². The van der Waals surface area contributed by atoms with Gasteiger partial charge in [-0.25, -0.2) is 0 Å². The Labute approximate surface area is 416 Å². The third-order valence-corrected chi connectivity index (χ3v) is 15.0. The van der Waals surface area contributed by atoms with E-state index >= 15 is 0 Å². The maximum Gasteiger partial charge on any atom is 0.0473 e. The van der Waals surface area contributed by atoms with Crippen LogP contribution in [0, 0.1) is 13.8 Å². The van der Waals surface area contributed by atoms with Gasteiger partial charge in [0.2, 0.25) is 0 Å². The summed E-state index contributed by atoms with van der Waals surface area (Å²) in [7, 11) is 0. The first kappa shape index (κ1) is 42.4. The third kappa shape index (κ3) is 7.09. The number of hydrogen-bond acceptors (Lipinski definition) is 2. The molecule has 0 saturated carbocycles. The summed E-state index contributed by atoms with van der Waals surface area (Å²) in [5, 5.41) is 7.88. The van der Waals surface area contributed by atoms with Crippen LogP contribution < -0.4 is 9.80 Å². The Bertz CT molecular complexity index is 3830. The summed E-state index contributed by atoms with van der Waals surface area (Å²) in [6.45, 7) is 9.15. The second-order valence-corrected chi connectivity index (χ2v) is 19.9. The van der Waals surface area contributed by atoms with Crippen LogP contribution >= 0.6 is 0 Å². The average molecular weight is 909 g/mol. The van der Waals surface area contributed by atoms with E-state index in [1.165, 1.54) is 99.1 Å². The molecule has 2 nitrogen and oxygen atoms in total. The summed E-state index contributed by atoms with van der Waals surface area (Å²) in [6.07, 6.45) is 0. The predicted octanol–water partition coefficient (Wildman–Crippen LogP) is 19.4. The number of nitrogens with zero attached hydrogens (tertiary/aromatic N) is 2. The summed E-state index contributed by atoms with van der Waals surface area (Å²) in [6, 6.07) is 89.8. The normalized spacial score (nSPS) is 12.6. The first-order valence-corrected chi connectivity index (χ1v) is 24.8. The molecule has 0 amide bonds. The van der Waals surface area contributed by atoms with Gasteiger partial charge in [0.05, 0.1) is 0 Å². The summed E-state index contributed by atoms with van der Waals surface area (Å²) >= 11 is 0. The van der Waals surface area contributed by atoms with E-state index in [4.69, 9.17) is 0 Å². The zero-order valence-corrected chi connectivity index (χ0v) is 40.5. The quantitative estimate of drug-likeness (QED) is 0.133. The summed E-state index contributed by atoms with van der Waals surface area (Å²) in [5.41, 5.74) is 21.6.